The average Bonchev–Trinajstić information content (AvgIpc) is 2.77. The number of hydrogen-bond acceptors (Lipinski definition) is 5. The molecule has 1 aromatic heterocycles. The second kappa shape index (κ2) is 6.81. The third kappa shape index (κ3) is 3.24. The standard InChI is InChI=1S/C18H22N2O3S/c1-11-17(24-13(3)19-11)12(2)20(4)18(21)14-6-7-15-16(10-14)23-9-5-8-22-15/h6-7,10,12H,5,8-9H2,1-4H3/t12-/m1/s1. The van der Waals surface area contributed by atoms with Crippen molar-refractivity contribution in [3.05, 3.63) is 39.3 Å². The maximum Gasteiger partial charge on any atom is 0.254 e. The smallest absolute Gasteiger partial charge is 0.254 e. The molecule has 0 radical (unpaired) electrons. The molecule has 3 rings (SSSR count). The van der Waals surface area contributed by atoms with Gasteiger partial charge in [0.05, 0.1) is 30.0 Å². The van der Waals surface area contributed by atoms with Crippen LogP contribution in [0.3, 0.4) is 0 Å². The van der Waals surface area contributed by atoms with E-state index in [4.69, 9.17) is 9.47 Å². The van der Waals surface area contributed by atoms with Crippen molar-refractivity contribution in [3.8, 4) is 11.5 Å². The molecule has 1 aromatic carbocycles. The summed E-state index contributed by atoms with van der Waals surface area (Å²) in [6, 6.07) is 5.36. The van der Waals surface area contributed by atoms with E-state index >= 15 is 0 Å². The molecule has 0 fully saturated rings. The SMILES string of the molecule is Cc1nc(C)c([C@@H](C)N(C)C(=O)c2ccc3c(c2)OCCCO3)s1. The lowest BCUT2D eigenvalue weighted by Gasteiger charge is -2.25. The molecule has 2 aromatic rings. The first-order chi connectivity index (χ1) is 11.5. The zero-order valence-electron chi connectivity index (χ0n) is 14.5. The van der Waals surface area contributed by atoms with E-state index in [1.54, 1.807) is 28.4 Å². The number of aromatic nitrogens is 1. The molecule has 5 nitrogen and oxygen atoms in total. The quantitative estimate of drug-likeness (QED) is 0.849. The Balaban J connectivity index is 1.83. The number of thiazole rings is 1. The fourth-order valence-corrected chi connectivity index (χ4v) is 3.81. The van der Waals surface area contributed by atoms with Crippen LogP contribution in [-0.2, 0) is 0 Å². The van der Waals surface area contributed by atoms with Crippen LogP contribution in [0.2, 0.25) is 0 Å². The van der Waals surface area contributed by atoms with Gasteiger partial charge >= 0.3 is 0 Å². The van der Waals surface area contributed by atoms with Crippen molar-refractivity contribution < 1.29 is 14.3 Å². The van der Waals surface area contributed by atoms with Crippen molar-refractivity contribution in [1.82, 2.24) is 9.88 Å². The van der Waals surface area contributed by atoms with Crippen LogP contribution in [0.15, 0.2) is 18.2 Å². The Bertz CT molecular complexity index is 757. The van der Waals surface area contributed by atoms with Gasteiger partial charge in [-0.2, -0.15) is 0 Å². The summed E-state index contributed by atoms with van der Waals surface area (Å²) in [6.07, 6.45) is 0.846. The molecule has 1 aliphatic rings. The monoisotopic (exact) mass is 346 g/mol. The van der Waals surface area contributed by atoms with E-state index < -0.39 is 0 Å². The lowest BCUT2D eigenvalue weighted by atomic mass is 10.1. The van der Waals surface area contributed by atoms with Crippen molar-refractivity contribution in [2.75, 3.05) is 20.3 Å². The van der Waals surface area contributed by atoms with Crippen LogP contribution in [0.1, 0.15) is 45.3 Å². The average molecular weight is 346 g/mol. The number of rotatable bonds is 3. The summed E-state index contributed by atoms with van der Waals surface area (Å²) >= 11 is 1.64. The van der Waals surface area contributed by atoms with Crippen molar-refractivity contribution in [1.29, 1.82) is 0 Å². The molecule has 1 aliphatic heterocycles. The highest BCUT2D eigenvalue weighted by Gasteiger charge is 2.23. The fourth-order valence-electron chi connectivity index (χ4n) is 2.79. The molecule has 0 saturated carbocycles. The lowest BCUT2D eigenvalue weighted by Crippen LogP contribution is -2.29. The Hall–Kier alpha value is -2.08. The van der Waals surface area contributed by atoms with Gasteiger partial charge in [0, 0.05) is 23.9 Å². The molecular formula is C18H22N2O3S. The lowest BCUT2D eigenvalue weighted by molar-refractivity contribution is 0.0744. The Morgan fingerprint density at radius 2 is 1.96 bits per heavy atom. The molecule has 0 unspecified atom stereocenters. The van der Waals surface area contributed by atoms with Crippen LogP contribution in [0.5, 0.6) is 11.5 Å². The summed E-state index contributed by atoms with van der Waals surface area (Å²) in [5.74, 6) is 1.31. The Kier molecular flexibility index (Phi) is 4.76. The van der Waals surface area contributed by atoms with Gasteiger partial charge in [-0.1, -0.05) is 0 Å². The highest BCUT2D eigenvalue weighted by molar-refractivity contribution is 7.11. The molecule has 0 N–H and O–H groups in total. The first kappa shape index (κ1) is 16.8. The number of fused-ring (bicyclic) bond motifs is 1. The Morgan fingerprint density at radius 3 is 2.62 bits per heavy atom. The molecule has 24 heavy (non-hydrogen) atoms. The minimum absolute atomic E-state index is 0.0281. The van der Waals surface area contributed by atoms with Gasteiger partial charge in [-0.15, -0.1) is 11.3 Å². The summed E-state index contributed by atoms with van der Waals surface area (Å²) in [4.78, 5) is 20.2. The first-order valence-electron chi connectivity index (χ1n) is 8.08. The molecule has 1 atom stereocenters. The molecule has 128 valence electrons. The zero-order valence-corrected chi connectivity index (χ0v) is 15.3. The van der Waals surface area contributed by atoms with E-state index in [2.05, 4.69) is 4.98 Å². The molecular weight excluding hydrogens is 324 g/mol. The molecule has 1 amide bonds. The van der Waals surface area contributed by atoms with Gasteiger partial charge in [0.1, 0.15) is 0 Å². The molecule has 0 bridgehead atoms. The maximum absolute atomic E-state index is 12.9. The Morgan fingerprint density at radius 1 is 1.25 bits per heavy atom. The van der Waals surface area contributed by atoms with Gasteiger partial charge in [0.15, 0.2) is 11.5 Å². The summed E-state index contributed by atoms with van der Waals surface area (Å²) in [5, 5.41) is 1.02. The van der Waals surface area contributed by atoms with Crippen LogP contribution >= 0.6 is 11.3 Å². The Labute approximate surface area is 146 Å². The normalized spacial score (nSPS) is 14.8. The van der Waals surface area contributed by atoms with Gasteiger partial charge in [-0.05, 0) is 39.0 Å². The van der Waals surface area contributed by atoms with Gasteiger partial charge in [-0.25, -0.2) is 4.98 Å². The van der Waals surface area contributed by atoms with Crippen molar-refractivity contribution in [3.63, 3.8) is 0 Å². The largest absolute Gasteiger partial charge is 0.490 e. The van der Waals surface area contributed by atoms with Gasteiger partial charge in [0.25, 0.3) is 5.91 Å². The van der Waals surface area contributed by atoms with E-state index in [0.717, 1.165) is 22.0 Å². The predicted molar refractivity (Wildman–Crippen MR) is 94.1 cm³/mol. The minimum atomic E-state index is -0.0383. The third-order valence-corrected chi connectivity index (χ3v) is 5.46. The number of ether oxygens (including phenoxy) is 2. The molecule has 0 aliphatic carbocycles. The summed E-state index contributed by atoms with van der Waals surface area (Å²) < 4.78 is 11.3. The van der Waals surface area contributed by atoms with Crippen molar-refractivity contribution in [2.24, 2.45) is 0 Å². The zero-order chi connectivity index (χ0) is 17.3. The van der Waals surface area contributed by atoms with E-state index in [1.807, 2.05) is 33.9 Å². The minimum Gasteiger partial charge on any atom is -0.490 e. The van der Waals surface area contributed by atoms with E-state index in [0.29, 0.717) is 30.3 Å². The molecule has 6 heteroatoms. The molecule has 2 heterocycles. The third-order valence-electron chi connectivity index (χ3n) is 4.21. The predicted octanol–water partition coefficient (Wildman–Crippen LogP) is 3.75. The van der Waals surface area contributed by atoms with Gasteiger partial charge in [0.2, 0.25) is 0 Å². The second-order valence-electron chi connectivity index (χ2n) is 5.99. The molecule has 0 spiro atoms. The van der Waals surface area contributed by atoms with Gasteiger partial charge in [-0.3, -0.25) is 4.79 Å². The van der Waals surface area contributed by atoms with Crippen LogP contribution < -0.4 is 9.47 Å². The highest BCUT2D eigenvalue weighted by atomic mass is 32.1. The number of carbonyl (C=O) groups excluding carboxylic acids is 1. The number of aryl methyl sites for hydroxylation is 2. The summed E-state index contributed by atoms with van der Waals surface area (Å²) in [7, 11) is 1.82. The van der Waals surface area contributed by atoms with Crippen LogP contribution in [0, 0.1) is 13.8 Å². The summed E-state index contributed by atoms with van der Waals surface area (Å²) in [6.45, 7) is 7.25. The van der Waals surface area contributed by atoms with Crippen molar-refractivity contribution >= 4 is 17.2 Å². The number of benzene rings is 1. The topological polar surface area (TPSA) is 51.7 Å². The van der Waals surface area contributed by atoms with Crippen LogP contribution in [-0.4, -0.2) is 36.1 Å². The number of hydrogen-bond donors (Lipinski definition) is 0. The second-order valence-corrected chi connectivity index (χ2v) is 7.22. The van der Waals surface area contributed by atoms with E-state index in [1.165, 1.54) is 0 Å². The van der Waals surface area contributed by atoms with E-state index in [9.17, 15) is 4.79 Å². The highest BCUT2D eigenvalue weighted by Crippen LogP contribution is 2.33. The number of amides is 1. The number of carbonyl (C=O) groups is 1. The fraction of sp³-hybridized carbons (Fsp3) is 0.444. The van der Waals surface area contributed by atoms with E-state index in [-0.39, 0.29) is 11.9 Å². The van der Waals surface area contributed by atoms with Gasteiger partial charge < -0.3 is 14.4 Å². The van der Waals surface area contributed by atoms with Crippen molar-refractivity contribution in [2.45, 2.75) is 33.2 Å². The first-order valence-corrected chi connectivity index (χ1v) is 8.89. The molecule has 0 saturated heterocycles. The summed E-state index contributed by atoms with van der Waals surface area (Å²) in [5.41, 5.74) is 1.59. The maximum atomic E-state index is 12.9. The van der Waals surface area contributed by atoms with Crippen LogP contribution in [0.25, 0.3) is 0 Å². The number of nitrogens with zero attached hydrogens (tertiary/aromatic N) is 2. The van der Waals surface area contributed by atoms with Crippen LogP contribution in [0.4, 0.5) is 0 Å².